The molecule has 3 nitrogen and oxygen atoms in total. The molecule has 0 aromatic rings. The molecular formula is C15H25NO2. The van der Waals surface area contributed by atoms with E-state index in [9.17, 15) is 0 Å². The lowest BCUT2D eigenvalue weighted by Gasteiger charge is -2.29. The van der Waals surface area contributed by atoms with Crippen molar-refractivity contribution in [2.24, 2.45) is 10.4 Å². The van der Waals surface area contributed by atoms with Gasteiger partial charge in [0.15, 0.2) is 0 Å². The van der Waals surface area contributed by atoms with Crippen LogP contribution in [0.25, 0.3) is 0 Å². The predicted molar refractivity (Wildman–Crippen MR) is 77.5 cm³/mol. The minimum atomic E-state index is 0.0585. The molecule has 0 amide bonds. The van der Waals surface area contributed by atoms with E-state index in [0.29, 0.717) is 0 Å². The van der Waals surface area contributed by atoms with Crippen LogP contribution >= 0.6 is 0 Å². The molecule has 0 aliphatic heterocycles. The van der Waals surface area contributed by atoms with Gasteiger partial charge in [-0.25, -0.2) is 10.2 Å². The Morgan fingerprint density at radius 1 is 1.33 bits per heavy atom. The van der Waals surface area contributed by atoms with Gasteiger partial charge in [-0.15, -0.1) is 0 Å². The van der Waals surface area contributed by atoms with E-state index >= 15 is 0 Å². The van der Waals surface area contributed by atoms with Gasteiger partial charge in [0.25, 0.3) is 5.90 Å². The van der Waals surface area contributed by atoms with Crippen molar-refractivity contribution >= 4 is 5.90 Å². The molecule has 0 rings (SSSR count). The Bertz CT molecular complexity index is 331. The molecule has 0 fully saturated rings. The highest BCUT2D eigenvalue weighted by molar-refractivity contribution is 5.86. The van der Waals surface area contributed by atoms with E-state index in [-0.39, 0.29) is 11.3 Å². The molecule has 0 radical (unpaired) electrons. The van der Waals surface area contributed by atoms with Crippen LogP contribution in [0.2, 0.25) is 0 Å². The second-order valence-corrected chi connectivity index (χ2v) is 4.57. The summed E-state index contributed by atoms with van der Waals surface area (Å²) in [7, 11) is 0. The first kappa shape index (κ1) is 16.6. The number of rotatable bonds is 8. The average Bonchev–Trinajstić information content (AvgIpc) is 2.41. The molecule has 0 saturated carbocycles. The summed E-state index contributed by atoms with van der Waals surface area (Å²) in [5, 5.41) is 8.56. The normalized spacial score (nSPS) is 16.0. The van der Waals surface area contributed by atoms with Gasteiger partial charge in [0.2, 0.25) is 0 Å². The zero-order valence-corrected chi connectivity index (χ0v) is 11.8. The molecule has 0 bridgehead atoms. The van der Waals surface area contributed by atoms with Crippen molar-refractivity contribution in [1.82, 2.24) is 0 Å². The Hall–Kier alpha value is -1.35. The number of hydrogen-bond acceptors (Lipinski definition) is 3. The maximum atomic E-state index is 8.56. The van der Waals surface area contributed by atoms with Gasteiger partial charge in [0.1, 0.15) is 0 Å². The summed E-state index contributed by atoms with van der Waals surface area (Å²) in [4.78, 5) is 8.12. The van der Waals surface area contributed by atoms with Gasteiger partial charge in [-0.1, -0.05) is 52.8 Å². The fraction of sp³-hybridized carbons (Fsp3) is 0.533. The van der Waals surface area contributed by atoms with Crippen molar-refractivity contribution in [2.45, 2.75) is 46.5 Å². The molecule has 0 aliphatic carbocycles. The van der Waals surface area contributed by atoms with E-state index in [1.54, 1.807) is 6.20 Å². The molecule has 18 heavy (non-hydrogen) atoms. The van der Waals surface area contributed by atoms with E-state index in [0.717, 1.165) is 18.4 Å². The van der Waals surface area contributed by atoms with Crippen LogP contribution in [-0.4, -0.2) is 11.2 Å². The summed E-state index contributed by atoms with van der Waals surface area (Å²) in [6, 6.07) is 0. The van der Waals surface area contributed by atoms with Crippen LogP contribution in [-0.2, 0) is 4.89 Å². The third-order valence-electron chi connectivity index (χ3n) is 3.38. The lowest BCUT2D eigenvalue weighted by atomic mass is 9.76. The largest absolute Gasteiger partial charge is 0.320 e. The number of nitrogens with zero attached hydrogens (tertiary/aromatic N) is 1. The van der Waals surface area contributed by atoms with E-state index in [1.807, 2.05) is 6.08 Å². The van der Waals surface area contributed by atoms with Crippen molar-refractivity contribution in [3.63, 3.8) is 0 Å². The lowest BCUT2D eigenvalue weighted by Crippen LogP contribution is -2.17. The highest BCUT2D eigenvalue weighted by Gasteiger charge is 2.24. The minimum absolute atomic E-state index is 0.0585. The van der Waals surface area contributed by atoms with Crippen LogP contribution in [0.15, 0.2) is 42.1 Å². The summed E-state index contributed by atoms with van der Waals surface area (Å²) in [5.74, 6) is 0.0864. The summed E-state index contributed by atoms with van der Waals surface area (Å²) in [6.07, 6.45) is 9.32. The molecule has 1 atom stereocenters. The van der Waals surface area contributed by atoms with Crippen LogP contribution in [0.5, 0.6) is 0 Å². The average molecular weight is 251 g/mol. The van der Waals surface area contributed by atoms with E-state index < -0.39 is 0 Å². The van der Waals surface area contributed by atoms with Gasteiger partial charge < -0.3 is 4.89 Å². The number of unbranched alkanes of at least 4 members (excludes halogenated alkanes) is 1. The van der Waals surface area contributed by atoms with Crippen LogP contribution in [0.1, 0.15) is 46.5 Å². The summed E-state index contributed by atoms with van der Waals surface area (Å²) in [5.41, 5.74) is 1.11. The molecule has 102 valence electrons. The first-order valence-electron chi connectivity index (χ1n) is 6.42. The lowest BCUT2D eigenvalue weighted by molar-refractivity contribution is -0.153. The molecule has 0 aliphatic rings. The van der Waals surface area contributed by atoms with Gasteiger partial charge in [-0.3, -0.25) is 0 Å². The summed E-state index contributed by atoms with van der Waals surface area (Å²) < 4.78 is 0. The highest BCUT2D eigenvalue weighted by atomic mass is 17.1. The third kappa shape index (κ3) is 4.88. The Morgan fingerprint density at radius 3 is 2.39 bits per heavy atom. The molecule has 1 N–H and O–H groups in total. The molecule has 0 aromatic carbocycles. The van der Waals surface area contributed by atoms with Crippen molar-refractivity contribution in [2.75, 3.05) is 0 Å². The monoisotopic (exact) mass is 251 g/mol. The smallest absolute Gasteiger partial charge is 0.255 e. The Kier molecular flexibility index (Phi) is 8.05. The third-order valence-corrected chi connectivity index (χ3v) is 3.38. The van der Waals surface area contributed by atoms with Crippen molar-refractivity contribution in [3.8, 4) is 0 Å². The number of allylic oxidation sites excluding steroid dienone is 2. The Morgan fingerprint density at radius 2 is 2.00 bits per heavy atom. The van der Waals surface area contributed by atoms with Gasteiger partial charge in [0, 0.05) is 6.20 Å². The maximum absolute atomic E-state index is 8.56. The van der Waals surface area contributed by atoms with E-state index in [2.05, 4.69) is 43.8 Å². The zero-order chi connectivity index (χ0) is 14.0. The van der Waals surface area contributed by atoms with Gasteiger partial charge >= 0.3 is 0 Å². The number of hydrogen-bond donors (Lipinski definition) is 1. The Balaban J connectivity index is 5.13. The molecule has 0 saturated heterocycles. The molecule has 0 heterocycles. The molecule has 3 heteroatoms. The van der Waals surface area contributed by atoms with E-state index in [1.165, 1.54) is 18.9 Å². The highest BCUT2D eigenvalue weighted by Crippen LogP contribution is 2.36. The van der Waals surface area contributed by atoms with Crippen LogP contribution in [0.3, 0.4) is 0 Å². The minimum Gasteiger partial charge on any atom is -0.320 e. The van der Waals surface area contributed by atoms with Crippen molar-refractivity contribution < 1.29 is 10.1 Å². The topological polar surface area (TPSA) is 41.8 Å². The van der Waals surface area contributed by atoms with Crippen LogP contribution in [0, 0.1) is 5.41 Å². The number of aliphatic imine (C=N–C) groups is 1. The summed E-state index contributed by atoms with van der Waals surface area (Å²) in [6.45, 7) is 13.9. The second-order valence-electron chi connectivity index (χ2n) is 4.57. The molecule has 0 spiro atoms. The molecular weight excluding hydrogens is 226 g/mol. The van der Waals surface area contributed by atoms with Gasteiger partial charge in [-0.2, -0.15) is 0 Å². The predicted octanol–water partition coefficient (Wildman–Crippen LogP) is 4.74. The molecule has 0 aromatic heterocycles. The van der Waals surface area contributed by atoms with Crippen molar-refractivity contribution in [1.29, 1.82) is 0 Å². The standard InChI is InChI=1S/C15H25NO2/c1-6-10-11-15(5,9-4)13(7-2)12-16-14(8-3)18-17/h7-8,12,17H,2-3,6,9-11H2,1,4-5H3/b13-12+,16-14?. The quantitative estimate of drug-likeness (QED) is 0.223. The molecule has 1 unspecified atom stereocenters. The first-order valence-corrected chi connectivity index (χ1v) is 6.42. The van der Waals surface area contributed by atoms with Gasteiger partial charge in [0.05, 0.1) is 0 Å². The fourth-order valence-corrected chi connectivity index (χ4v) is 1.79. The fourth-order valence-electron chi connectivity index (χ4n) is 1.79. The maximum Gasteiger partial charge on any atom is 0.255 e. The van der Waals surface area contributed by atoms with Crippen LogP contribution < -0.4 is 0 Å². The van der Waals surface area contributed by atoms with Crippen molar-refractivity contribution in [3.05, 3.63) is 37.1 Å². The first-order chi connectivity index (χ1) is 8.57. The summed E-state index contributed by atoms with van der Waals surface area (Å²) >= 11 is 0. The van der Waals surface area contributed by atoms with Gasteiger partial charge in [-0.05, 0) is 29.9 Å². The van der Waals surface area contributed by atoms with E-state index in [4.69, 9.17) is 5.26 Å². The van der Waals surface area contributed by atoms with Crippen LogP contribution in [0.4, 0.5) is 0 Å². The zero-order valence-electron chi connectivity index (χ0n) is 11.8. The SMILES string of the molecule is C=CC(=N/C=C(\C=C)C(C)(CC)CCCC)OO. The second kappa shape index (κ2) is 8.70. The Labute approximate surface area is 111 Å².